The molecule has 1 aromatic carbocycles. The van der Waals surface area contributed by atoms with Crippen molar-refractivity contribution in [1.29, 1.82) is 0 Å². The lowest BCUT2D eigenvalue weighted by Crippen LogP contribution is -2.38. The second-order valence-electron chi connectivity index (χ2n) is 5.62. The number of hydrogen-bond acceptors (Lipinski definition) is 3. The number of benzene rings is 1. The summed E-state index contributed by atoms with van der Waals surface area (Å²) >= 11 is 5.85. The van der Waals surface area contributed by atoms with Crippen LogP contribution in [0.3, 0.4) is 0 Å². The van der Waals surface area contributed by atoms with Crippen LogP contribution < -0.4 is 4.90 Å². The first kappa shape index (κ1) is 12.1. The Balaban J connectivity index is 1.77. The predicted molar refractivity (Wildman–Crippen MR) is 73.3 cm³/mol. The smallest absolute Gasteiger partial charge is 0.241 e. The van der Waals surface area contributed by atoms with Gasteiger partial charge in [0.1, 0.15) is 0 Å². The van der Waals surface area contributed by atoms with Crippen LogP contribution in [0, 0.1) is 11.8 Å². The molecule has 4 atom stereocenters. The largest absolute Gasteiger partial charge is 0.362 e. The Bertz CT molecular complexity index is 654. The van der Waals surface area contributed by atoms with E-state index in [1.165, 1.54) is 4.90 Å². The summed E-state index contributed by atoms with van der Waals surface area (Å²) in [6, 6.07) is 6.74. The molecule has 3 aliphatic heterocycles. The molecular weight excluding hydrogens is 278 g/mol. The summed E-state index contributed by atoms with van der Waals surface area (Å²) in [6.45, 7) is 1.87. The van der Waals surface area contributed by atoms with Crippen LogP contribution >= 0.6 is 11.6 Å². The first-order valence-corrected chi connectivity index (χ1v) is 6.90. The zero-order valence-corrected chi connectivity index (χ0v) is 11.5. The highest BCUT2D eigenvalue weighted by Crippen LogP contribution is 2.52. The molecule has 3 heterocycles. The molecule has 2 fully saturated rings. The van der Waals surface area contributed by atoms with Crippen LogP contribution in [0.4, 0.5) is 5.69 Å². The first-order chi connectivity index (χ1) is 9.51. The Morgan fingerprint density at radius 3 is 2.55 bits per heavy atom. The van der Waals surface area contributed by atoms with E-state index < -0.39 is 17.4 Å². The molecule has 3 aliphatic rings. The third kappa shape index (κ3) is 1.35. The maximum absolute atomic E-state index is 12.6. The number of halogens is 1. The summed E-state index contributed by atoms with van der Waals surface area (Å²) in [5, 5.41) is 0.574. The summed E-state index contributed by atoms with van der Waals surface area (Å²) in [5.74, 6) is -1.18. The maximum atomic E-state index is 12.6. The highest BCUT2D eigenvalue weighted by molar-refractivity contribution is 6.31. The van der Waals surface area contributed by atoms with Gasteiger partial charge in [-0.25, -0.2) is 4.90 Å². The Hall–Kier alpha value is -1.65. The van der Waals surface area contributed by atoms with Crippen LogP contribution in [-0.4, -0.2) is 23.5 Å². The number of rotatable bonds is 1. The quantitative estimate of drug-likeness (QED) is 0.588. The molecule has 2 amide bonds. The van der Waals surface area contributed by atoms with E-state index in [0.717, 1.165) is 0 Å². The molecule has 5 heteroatoms. The second-order valence-corrected chi connectivity index (χ2v) is 6.05. The minimum absolute atomic E-state index is 0.180. The Morgan fingerprint density at radius 1 is 1.20 bits per heavy atom. The number of carbonyl (C=O) groups excluding carboxylic acids is 2. The number of amides is 2. The molecule has 0 N–H and O–H groups in total. The van der Waals surface area contributed by atoms with Crippen LogP contribution in [0.1, 0.15) is 6.92 Å². The van der Waals surface area contributed by atoms with Crippen LogP contribution in [-0.2, 0) is 14.3 Å². The van der Waals surface area contributed by atoms with E-state index in [-0.39, 0.29) is 17.9 Å². The van der Waals surface area contributed by atoms with Gasteiger partial charge in [-0.05, 0) is 31.2 Å². The van der Waals surface area contributed by atoms with Crippen molar-refractivity contribution >= 4 is 29.1 Å². The van der Waals surface area contributed by atoms with Crippen LogP contribution in [0.15, 0.2) is 36.4 Å². The lowest BCUT2D eigenvalue weighted by atomic mass is 9.78. The van der Waals surface area contributed by atoms with Gasteiger partial charge in [0.15, 0.2) is 0 Å². The van der Waals surface area contributed by atoms with Gasteiger partial charge in [-0.1, -0.05) is 23.8 Å². The molecule has 4 rings (SSSR count). The molecule has 0 aliphatic carbocycles. The van der Waals surface area contributed by atoms with Gasteiger partial charge in [-0.3, -0.25) is 9.59 Å². The van der Waals surface area contributed by atoms with Crippen molar-refractivity contribution in [2.45, 2.75) is 18.6 Å². The van der Waals surface area contributed by atoms with Crippen molar-refractivity contribution in [2.24, 2.45) is 11.8 Å². The Morgan fingerprint density at radius 2 is 1.90 bits per heavy atom. The maximum Gasteiger partial charge on any atom is 0.241 e. The van der Waals surface area contributed by atoms with Crippen molar-refractivity contribution in [3.05, 3.63) is 41.4 Å². The lowest BCUT2D eigenvalue weighted by Gasteiger charge is -2.24. The minimum atomic E-state index is -0.650. The lowest BCUT2D eigenvalue weighted by molar-refractivity contribution is -0.126. The van der Waals surface area contributed by atoms with Crippen molar-refractivity contribution in [3.8, 4) is 0 Å². The van der Waals surface area contributed by atoms with Gasteiger partial charge in [-0.15, -0.1) is 0 Å². The van der Waals surface area contributed by atoms with E-state index in [4.69, 9.17) is 16.3 Å². The molecule has 1 aromatic rings. The molecule has 2 saturated heterocycles. The molecular formula is C15H12ClNO3. The Kier molecular flexibility index (Phi) is 2.25. The zero-order chi connectivity index (χ0) is 14.1. The molecule has 0 saturated carbocycles. The summed E-state index contributed by atoms with van der Waals surface area (Å²) in [7, 11) is 0. The average Bonchev–Trinajstić information content (AvgIpc) is 3.01. The monoisotopic (exact) mass is 289 g/mol. The van der Waals surface area contributed by atoms with Gasteiger partial charge in [0.2, 0.25) is 11.8 Å². The second kappa shape index (κ2) is 3.71. The summed E-state index contributed by atoms with van der Waals surface area (Å²) in [6.07, 6.45) is 3.51. The van der Waals surface area contributed by atoms with Crippen molar-refractivity contribution < 1.29 is 14.3 Å². The molecule has 2 bridgehead atoms. The molecule has 0 unspecified atom stereocenters. The van der Waals surface area contributed by atoms with E-state index in [1.807, 2.05) is 19.1 Å². The number of carbonyl (C=O) groups is 2. The third-order valence-electron chi connectivity index (χ3n) is 4.41. The van der Waals surface area contributed by atoms with Crippen molar-refractivity contribution in [1.82, 2.24) is 0 Å². The van der Waals surface area contributed by atoms with Gasteiger partial charge < -0.3 is 4.74 Å². The summed E-state index contributed by atoms with van der Waals surface area (Å²) in [4.78, 5) is 26.5. The molecule has 0 aromatic heterocycles. The SMILES string of the molecule is C[C@@]12C=C[C@@H](O1)[C@H]1C(=O)N(c3ccc(Cl)cc3)C(=O)[C@@H]12. The summed E-state index contributed by atoms with van der Waals surface area (Å²) in [5.41, 5.74) is -0.0784. The molecule has 0 radical (unpaired) electrons. The average molecular weight is 290 g/mol. The van der Waals surface area contributed by atoms with Crippen LogP contribution in [0.5, 0.6) is 0 Å². The first-order valence-electron chi connectivity index (χ1n) is 6.52. The highest BCUT2D eigenvalue weighted by atomic mass is 35.5. The Labute approximate surface area is 121 Å². The normalized spacial score (nSPS) is 37.9. The van der Waals surface area contributed by atoms with Crippen LogP contribution in [0.25, 0.3) is 0 Å². The number of anilines is 1. The van der Waals surface area contributed by atoms with E-state index in [0.29, 0.717) is 10.7 Å². The molecule has 102 valence electrons. The zero-order valence-electron chi connectivity index (χ0n) is 10.7. The number of fused-ring (bicyclic) bond motifs is 5. The number of hydrogen-bond donors (Lipinski definition) is 0. The van der Waals surface area contributed by atoms with Gasteiger partial charge in [-0.2, -0.15) is 0 Å². The fourth-order valence-corrected chi connectivity index (χ4v) is 3.62. The number of nitrogens with zero attached hydrogens (tertiary/aromatic N) is 1. The fourth-order valence-electron chi connectivity index (χ4n) is 3.50. The fraction of sp³-hybridized carbons (Fsp3) is 0.333. The summed E-state index contributed by atoms with van der Waals surface area (Å²) < 4.78 is 5.77. The van der Waals surface area contributed by atoms with Gasteiger partial charge in [0.05, 0.1) is 29.2 Å². The van der Waals surface area contributed by atoms with Gasteiger partial charge in [0.25, 0.3) is 0 Å². The van der Waals surface area contributed by atoms with E-state index in [2.05, 4.69) is 0 Å². The van der Waals surface area contributed by atoms with Crippen LogP contribution in [0.2, 0.25) is 5.02 Å². The highest BCUT2D eigenvalue weighted by Gasteiger charge is 2.65. The topological polar surface area (TPSA) is 46.6 Å². The molecule has 0 spiro atoms. The van der Waals surface area contributed by atoms with E-state index in [1.54, 1.807) is 24.3 Å². The van der Waals surface area contributed by atoms with E-state index >= 15 is 0 Å². The molecule has 20 heavy (non-hydrogen) atoms. The van der Waals surface area contributed by atoms with E-state index in [9.17, 15) is 9.59 Å². The number of ether oxygens (including phenoxy) is 1. The van der Waals surface area contributed by atoms with Crippen molar-refractivity contribution in [2.75, 3.05) is 4.90 Å². The minimum Gasteiger partial charge on any atom is -0.362 e. The third-order valence-corrected chi connectivity index (χ3v) is 4.67. The standard InChI is InChI=1S/C15H12ClNO3/c1-15-7-6-10(20-15)11-12(15)14(19)17(13(11)18)9-4-2-8(16)3-5-9/h2-7,10-12H,1H3/t10-,11-,12-,15+/m1/s1. The molecule has 4 nitrogen and oxygen atoms in total. The van der Waals surface area contributed by atoms with Gasteiger partial charge >= 0.3 is 0 Å². The van der Waals surface area contributed by atoms with Crippen molar-refractivity contribution in [3.63, 3.8) is 0 Å². The number of imide groups is 1. The predicted octanol–water partition coefficient (Wildman–Crippen LogP) is 2.17. The van der Waals surface area contributed by atoms with Gasteiger partial charge in [0, 0.05) is 5.02 Å².